The number of nitrogens with one attached hydrogen (secondary N) is 2. The van der Waals surface area contributed by atoms with Crippen molar-refractivity contribution in [3.8, 4) is 0 Å². The monoisotopic (exact) mass is 415 g/mol. The van der Waals surface area contributed by atoms with E-state index >= 15 is 0 Å². The van der Waals surface area contributed by atoms with Gasteiger partial charge in [0.05, 0.1) is 22.9 Å². The highest BCUT2D eigenvalue weighted by Gasteiger charge is 2.15. The summed E-state index contributed by atoms with van der Waals surface area (Å²) in [7, 11) is 1.76. The minimum Gasteiger partial charge on any atom is -0.326 e. The maximum Gasteiger partial charge on any atom is 0.234 e. The molecule has 0 aliphatic rings. The molecular formula is C19H18ClN5O2S. The average molecular weight is 416 g/mol. The molecule has 0 saturated carbocycles. The van der Waals surface area contributed by atoms with Crippen LogP contribution in [0.2, 0.25) is 5.02 Å². The molecule has 0 fully saturated rings. The number of aromatic nitrogens is 3. The molecule has 28 heavy (non-hydrogen) atoms. The molecule has 0 atom stereocenters. The summed E-state index contributed by atoms with van der Waals surface area (Å²) in [5.41, 5.74) is 1.28. The Morgan fingerprint density at radius 1 is 1.00 bits per heavy atom. The van der Waals surface area contributed by atoms with Crippen molar-refractivity contribution in [2.24, 2.45) is 7.05 Å². The maximum atomic E-state index is 12.2. The smallest absolute Gasteiger partial charge is 0.234 e. The molecule has 0 spiro atoms. The second-order valence-electron chi connectivity index (χ2n) is 5.87. The Hall–Kier alpha value is -2.84. The zero-order chi connectivity index (χ0) is 19.9. The molecule has 3 rings (SSSR count). The molecule has 2 aromatic carbocycles. The molecule has 0 aliphatic carbocycles. The van der Waals surface area contributed by atoms with E-state index in [2.05, 4.69) is 20.8 Å². The highest BCUT2D eigenvalue weighted by molar-refractivity contribution is 7.99. The van der Waals surface area contributed by atoms with Crippen LogP contribution < -0.4 is 10.6 Å². The summed E-state index contributed by atoms with van der Waals surface area (Å²) in [5, 5.41) is 14.7. The lowest BCUT2D eigenvalue weighted by Gasteiger charge is -2.07. The quantitative estimate of drug-likeness (QED) is 0.577. The second-order valence-corrected chi connectivity index (χ2v) is 7.22. The van der Waals surface area contributed by atoms with Gasteiger partial charge in [-0.3, -0.25) is 9.59 Å². The summed E-state index contributed by atoms with van der Waals surface area (Å²) in [6.45, 7) is 0. The minimum absolute atomic E-state index is 0.0881. The molecular weight excluding hydrogens is 398 g/mol. The van der Waals surface area contributed by atoms with E-state index in [4.69, 9.17) is 11.6 Å². The van der Waals surface area contributed by atoms with Crippen molar-refractivity contribution in [2.75, 3.05) is 16.4 Å². The van der Waals surface area contributed by atoms with E-state index in [0.717, 1.165) is 5.69 Å². The summed E-state index contributed by atoms with van der Waals surface area (Å²) >= 11 is 7.27. The first kappa shape index (κ1) is 19.9. The van der Waals surface area contributed by atoms with Crippen molar-refractivity contribution in [1.82, 2.24) is 14.8 Å². The van der Waals surface area contributed by atoms with Crippen LogP contribution in [0.3, 0.4) is 0 Å². The highest BCUT2D eigenvalue weighted by Crippen LogP contribution is 2.22. The Labute approximate surface area is 171 Å². The fourth-order valence-corrected chi connectivity index (χ4v) is 3.29. The van der Waals surface area contributed by atoms with Gasteiger partial charge in [0.2, 0.25) is 11.8 Å². The summed E-state index contributed by atoms with van der Waals surface area (Å²) < 4.78 is 1.71. The Morgan fingerprint density at radius 2 is 1.71 bits per heavy atom. The molecule has 0 radical (unpaired) electrons. The Kier molecular flexibility index (Phi) is 6.67. The Balaban J connectivity index is 1.53. The SMILES string of the molecule is Cn1c(CC(=O)Nc2ccccc2)nnc1SCC(=O)Nc1ccccc1Cl. The van der Waals surface area contributed by atoms with Crippen molar-refractivity contribution in [3.05, 3.63) is 65.4 Å². The van der Waals surface area contributed by atoms with Crippen LogP contribution in [0.4, 0.5) is 11.4 Å². The summed E-state index contributed by atoms with van der Waals surface area (Å²) in [5.74, 6) is 0.273. The van der Waals surface area contributed by atoms with E-state index in [-0.39, 0.29) is 24.0 Å². The van der Waals surface area contributed by atoms with Gasteiger partial charge in [0.15, 0.2) is 5.16 Å². The number of benzene rings is 2. The topological polar surface area (TPSA) is 88.9 Å². The molecule has 2 N–H and O–H groups in total. The van der Waals surface area contributed by atoms with Gasteiger partial charge in [-0.05, 0) is 24.3 Å². The molecule has 0 aliphatic heterocycles. The molecule has 2 amide bonds. The fourth-order valence-electron chi connectivity index (χ4n) is 2.37. The van der Waals surface area contributed by atoms with E-state index in [1.807, 2.05) is 30.3 Å². The maximum absolute atomic E-state index is 12.2. The van der Waals surface area contributed by atoms with Gasteiger partial charge in [0, 0.05) is 12.7 Å². The van der Waals surface area contributed by atoms with Gasteiger partial charge < -0.3 is 15.2 Å². The predicted octanol–water partition coefficient (Wildman–Crippen LogP) is 3.38. The summed E-state index contributed by atoms with van der Waals surface area (Å²) in [4.78, 5) is 24.3. The van der Waals surface area contributed by atoms with Crippen molar-refractivity contribution < 1.29 is 9.59 Å². The van der Waals surface area contributed by atoms with E-state index in [9.17, 15) is 9.59 Å². The molecule has 144 valence electrons. The number of nitrogens with zero attached hydrogens (tertiary/aromatic N) is 3. The molecule has 9 heteroatoms. The van der Waals surface area contributed by atoms with Crippen molar-refractivity contribution >= 4 is 46.6 Å². The summed E-state index contributed by atoms with van der Waals surface area (Å²) in [6, 6.07) is 16.2. The number of hydrogen-bond donors (Lipinski definition) is 2. The third-order valence-corrected chi connectivity index (χ3v) is 5.13. The second kappa shape index (κ2) is 9.38. The van der Waals surface area contributed by atoms with Crippen molar-refractivity contribution in [2.45, 2.75) is 11.6 Å². The zero-order valence-corrected chi connectivity index (χ0v) is 16.6. The van der Waals surface area contributed by atoms with Gasteiger partial charge in [-0.2, -0.15) is 0 Å². The van der Waals surface area contributed by atoms with Crippen LogP contribution in [0.1, 0.15) is 5.82 Å². The van der Waals surface area contributed by atoms with E-state index in [1.165, 1.54) is 11.8 Å². The Morgan fingerprint density at radius 3 is 2.46 bits per heavy atom. The number of rotatable bonds is 7. The standard InChI is InChI=1S/C19H18ClN5O2S/c1-25-16(11-17(26)21-13-7-3-2-4-8-13)23-24-19(25)28-12-18(27)22-15-10-6-5-9-14(15)20/h2-10H,11-12H2,1H3,(H,21,26)(H,22,27). The van der Waals surface area contributed by atoms with Gasteiger partial charge in [-0.1, -0.05) is 53.7 Å². The molecule has 0 saturated heterocycles. The first-order valence-electron chi connectivity index (χ1n) is 8.43. The van der Waals surface area contributed by atoms with Crippen LogP contribution in [0.25, 0.3) is 0 Å². The van der Waals surface area contributed by atoms with Crippen molar-refractivity contribution in [1.29, 1.82) is 0 Å². The van der Waals surface area contributed by atoms with Crippen LogP contribution in [0.5, 0.6) is 0 Å². The first-order valence-corrected chi connectivity index (χ1v) is 9.79. The number of hydrogen-bond acceptors (Lipinski definition) is 5. The third-order valence-electron chi connectivity index (χ3n) is 3.78. The van der Waals surface area contributed by atoms with Gasteiger partial charge >= 0.3 is 0 Å². The lowest BCUT2D eigenvalue weighted by molar-refractivity contribution is -0.116. The van der Waals surface area contributed by atoms with Crippen LogP contribution >= 0.6 is 23.4 Å². The average Bonchev–Trinajstić information content (AvgIpc) is 3.02. The number of para-hydroxylation sites is 2. The van der Waals surface area contributed by atoms with E-state index in [1.54, 1.807) is 35.9 Å². The lowest BCUT2D eigenvalue weighted by atomic mass is 10.3. The molecule has 3 aromatic rings. The van der Waals surface area contributed by atoms with Crippen LogP contribution in [-0.4, -0.2) is 32.3 Å². The number of carbonyl (C=O) groups excluding carboxylic acids is 2. The van der Waals surface area contributed by atoms with Gasteiger partial charge in [0.1, 0.15) is 5.82 Å². The van der Waals surface area contributed by atoms with E-state index < -0.39 is 0 Å². The van der Waals surface area contributed by atoms with Gasteiger partial charge in [0.25, 0.3) is 0 Å². The minimum atomic E-state index is -0.204. The van der Waals surface area contributed by atoms with E-state index in [0.29, 0.717) is 21.7 Å². The number of thioether (sulfide) groups is 1. The highest BCUT2D eigenvalue weighted by atomic mass is 35.5. The molecule has 1 aromatic heterocycles. The molecule has 0 unspecified atom stereocenters. The lowest BCUT2D eigenvalue weighted by Crippen LogP contribution is -2.17. The summed E-state index contributed by atoms with van der Waals surface area (Å²) in [6.07, 6.45) is 0.0881. The molecule has 0 bridgehead atoms. The van der Waals surface area contributed by atoms with Gasteiger partial charge in [-0.25, -0.2) is 0 Å². The first-order chi connectivity index (χ1) is 13.5. The molecule has 1 heterocycles. The number of amides is 2. The third kappa shape index (κ3) is 5.34. The van der Waals surface area contributed by atoms with Crippen LogP contribution in [0, 0.1) is 0 Å². The van der Waals surface area contributed by atoms with Crippen LogP contribution in [0.15, 0.2) is 59.8 Å². The Bertz CT molecular complexity index is 977. The van der Waals surface area contributed by atoms with Crippen molar-refractivity contribution in [3.63, 3.8) is 0 Å². The zero-order valence-electron chi connectivity index (χ0n) is 15.1. The largest absolute Gasteiger partial charge is 0.326 e. The fraction of sp³-hybridized carbons (Fsp3) is 0.158. The number of carbonyl (C=O) groups is 2. The molecule has 7 nitrogen and oxygen atoms in total. The number of halogens is 1. The predicted molar refractivity (Wildman–Crippen MR) is 111 cm³/mol. The van der Waals surface area contributed by atoms with Crippen LogP contribution in [-0.2, 0) is 23.1 Å². The number of anilines is 2. The normalized spacial score (nSPS) is 10.5. The van der Waals surface area contributed by atoms with Gasteiger partial charge in [-0.15, -0.1) is 10.2 Å².